The fourth-order valence-electron chi connectivity index (χ4n) is 2.74. The third-order valence-electron chi connectivity index (χ3n) is 3.89. The molecule has 0 atom stereocenters. The highest BCUT2D eigenvalue weighted by molar-refractivity contribution is 7.73. The molecule has 0 aromatic carbocycles. The van der Waals surface area contributed by atoms with Crippen LogP contribution in [0.25, 0.3) is 12.2 Å². The average molecular weight is 368 g/mol. The number of ether oxygens (including phenoxy) is 1. The molecule has 3 nitrogen and oxygen atoms in total. The van der Waals surface area contributed by atoms with Crippen molar-refractivity contribution >= 4 is 41.7 Å². The molecule has 1 heterocycles. The molecule has 0 saturated carbocycles. The van der Waals surface area contributed by atoms with E-state index in [0.717, 1.165) is 40.2 Å². The van der Waals surface area contributed by atoms with E-state index in [2.05, 4.69) is 20.4 Å². The fraction of sp³-hybridized carbons (Fsp3) is 0.579. The summed E-state index contributed by atoms with van der Waals surface area (Å²) in [5.41, 5.74) is 0.978. The van der Waals surface area contributed by atoms with Gasteiger partial charge in [-0.2, -0.15) is 0 Å². The molecule has 134 valence electrons. The molecule has 1 aromatic heterocycles. The summed E-state index contributed by atoms with van der Waals surface area (Å²) in [6.07, 6.45) is 10.6. The second kappa shape index (κ2) is 11.4. The first kappa shape index (κ1) is 20.8. The molecule has 1 aromatic rings. The third kappa shape index (κ3) is 6.36. The van der Waals surface area contributed by atoms with Gasteiger partial charge < -0.3 is 9.30 Å². The summed E-state index contributed by atoms with van der Waals surface area (Å²) in [6, 6.07) is 0. The zero-order valence-electron chi connectivity index (χ0n) is 15.0. The van der Waals surface area contributed by atoms with Crippen molar-refractivity contribution in [3.05, 3.63) is 27.2 Å². The molecule has 0 aliphatic heterocycles. The van der Waals surface area contributed by atoms with Crippen LogP contribution < -0.4 is 0 Å². The Bertz CT molecular complexity index is 607. The SMILES string of the molecule is C=Cc1c(/C=C\C)sc(=S)n1CCC(=O)OCC(CCC)CCC. The van der Waals surface area contributed by atoms with Gasteiger partial charge in [-0.25, -0.2) is 0 Å². The van der Waals surface area contributed by atoms with E-state index in [-0.39, 0.29) is 5.97 Å². The number of carbonyl (C=O) groups is 1. The number of aromatic nitrogens is 1. The lowest BCUT2D eigenvalue weighted by Gasteiger charge is -2.15. The van der Waals surface area contributed by atoms with E-state index in [1.165, 1.54) is 0 Å². The minimum atomic E-state index is -0.150. The first-order valence-electron chi connectivity index (χ1n) is 8.71. The molecular formula is C19H29NO2S2. The van der Waals surface area contributed by atoms with Crippen molar-refractivity contribution in [3.63, 3.8) is 0 Å². The Morgan fingerprint density at radius 3 is 2.58 bits per heavy atom. The van der Waals surface area contributed by atoms with Crippen LogP contribution in [-0.4, -0.2) is 17.1 Å². The van der Waals surface area contributed by atoms with Crippen molar-refractivity contribution in [2.75, 3.05) is 6.61 Å². The van der Waals surface area contributed by atoms with E-state index < -0.39 is 0 Å². The lowest BCUT2D eigenvalue weighted by molar-refractivity contribution is -0.145. The van der Waals surface area contributed by atoms with Crippen molar-refractivity contribution in [1.29, 1.82) is 0 Å². The topological polar surface area (TPSA) is 31.2 Å². The zero-order chi connectivity index (χ0) is 17.9. The van der Waals surface area contributed by atoms with Crippen LogP contribution in [0.4, 0.5) is 0 Å². The molecule has 0 spiro atoms. The van der Waals surface area contributed by atoms with Crippen molar-refractivity contribution < 1.29 is 9.53 Å². The molecule has 0 saturated heterocycles. The lowest BCUT2D eigenvalue weighted by Crippen LogP contribution is -2.16. The molecule has 0 bridgehead atoms. The maximum Gasteiger partial charge on any atom is 0.307 e. The first-order valence-corrected chi connectivity index (χ1v) is 9.94. The minimum absolute atomic E-state index is 0.150. The Hall–Kier alpha value is -1.20. The normalized spacial score (nSPS) is 11.3. The van der Waals surface area contributed by atoms with E-state index >= 15 is 0 Å². The number of carbonyl (C=O) groups excluding carboxylic acids is 1. The highest BCUT2D eigenvalue weighted by Gasteiger charge is 2.13. The zero-order valence-corrected chi connectivity index (χ0v) is 16.7. The number of esters is 1. The molecule has 5 heteroatoms. The van der Waals surface area contributed by atoms with Crippen molar-refractivity contribution in [2.45, 2.75) is 59.4 Å². The predicted octanol–water partition coefficient (Wildman–Crippen LogP) is 6.10. The molecule has 0 aliphatic carbocycles. The number of rotatable bonds is 11. The number of hydrogen-bond donors (Lipinski definition) is 0. The number of thiazole rings is 1. The van der Waals surface area contributed by atoms with Crippen LogP contribution >= 0.6 is 23.6 Å². The van der Waals surface area contributed by atoms with Crippen LogP contribution in [-0.2, 0) is 16.1 Å². The van der Waals surface area contributed by atoms with Gasteiger partial charge in [0.1, 0.15) is 0 Å². The number of nitrogens with zero attached hydrogens (tertiary/aromatic N) is 1. The predicted molar refractivity (Wildman–Crippen MR) is 107 cm³/mol. The molecule has 24 heavy (non-hydrogen) atoms. The Morgan fingerprint density at radius 2 is 2.04 bits per heavy atom. The van der Waals surface area contributed by atoms with E-state index in [9.17, 15) is 4.79 Å². The minimum Gasteiger partial charge on any atom is -0.465 e. The molecular weight excluding hydrogens is 338 g/mol. The van der Waals surface area contributed by atoms with Crippen LogP contribution in [0.1, 0.15) is 63.4 Å². The van der Waals surface area contributed by atoms with Gasteiger partial charge in [0, 0.05) is 6.54 Å². The largest absolute Gasteiger partial charge is 0.465 e. The maximum absolute atomic E-state index is 12.1. The summed E-state index contributed by atoms with van der Waals surface area (Å²) < 4.78 is 8.21. The van der Waals surface area contributed by atoms with Gasteiger partial charge in [-0.3, -0.25) is 4.79 Å². The second-order valence-electron chi connectivity index (χ2n) is 5.85. The van der Waals surface area contributed by atoms with Gasteiger partial charge in [-0.15, -0.1) is 11.3 Å². The Labute approximate surface area is 155 Å². The molecule has 0 N–H and O–H groups in total. The molecule has 0 fully saturated rings. The van der Waals surface area contributed by atoms with Crippen LogP contribution in [0.2, 0.25) is 0 Å². The first-order chi connectivity index (χ1) is 11.6. The van der Waals surface area contributed by atoms with E-state index in [1.54, 1.807) is 17.4 Å². The summed E-state index contributed by atoms with van der Waals surface area (Å²) in [4.78, 5) is 13.1. The third-order valence-corrected chi connectivity index (χ3v) is 5.32. The van der Waals surface area contributed by atoms with Crippen LogP contribution in [0.15, 0.2) is 12.7 Å². The van der Waals surface area contributed by atoms with E-state index in [0.29, 0.717) is 25.5 Å². The van der Waals surface area contributed by atoms with Gasteiger partial charge >= 0.3 is 5.97 Å². The monoisotopic (exact) mass is 367 g/mol. The van der Waals surface area contributed by atoms with E-state index in [1.807, 2.05) is 23.6 Å². The van der Waals surface area contributed by atoms with Gasteiger partial charge in [-0.1, -0.05) is 39.3 Å². The second-order valence-corrected chi connectivity index (χ2v) is 7.53. The summed E-state index contributed by atoms with van der Waals surface area (Å²) in [6.45, 7) is 11.3. The summed E-state index contributed by atoms with van der Waals surface area (Å²) in [7, 11) is 0. The van der Waals surface area contributed by atoms with Gasteiger partial charge in [-0.05, 0) is 50.1 Å². The highest BCUT2D eigenvalue weighted by Crippen LogP contribution is 2.23. The maximum atomic E-state index is 12.1. The molecule has 0 aliphatic rings. The lowest BCUT2D eigenvalue weighted by atomic mass is 9.99. The highest BCUT2D eigenvalue weighted by atomic mass is 32.1. The smallest absolute Gasteiger partial charge is 0.307 e. The summed E-state index contributed by atoms with van der Waals surface area (Å²) in [5.74, 6) is 0.334. The molecule has 0 unspecified atom stereocenters. The Balaban J connectivity index is 2.61. The molecule has 0 amide bonds. The van der Waals surface area contributed by atoms with Gasteiger partial charge in [0.15, 0.2) is 3.95 Å². The molecule has 0 radical (unpaired) electrons. The quantitative estimate of drug-likeness (QED) is 0.349. The Kier molecular flexibility index (Phi) is 9.88. The van der Waals surface area contributed by atoms with Crippen LogP contribution in [0.3, 0.4) is 0 Å². The summed E-state index contributed by atoms with van der Waals surface area (Å²) >= 11 is 6.96. The fourth-order valence-corrected chi connectivity index (χ4v) is 4.19. The van der Waals surface area contributed by atoms with Crippen molar-refractivity contribution in [2.24, 2.45) is 5.92 Å². The van der Waals surface area contributed by atoms with Gasteiger partial charge in [0.25, 0.3) is 0 Å². The number of hydrogen-bond acceptors (Lipinski definition) is 4. The molecule has 1 rings (SSSR count). The van der Waals surface area contributed by atoms with E-state index in [4.69, 9.17) is 17.0 Å². The van der Waals surface area contributed by atoms with Gasteiger partial charge in [0.05, 0.1) is 23.6 Å². The van der Waals surface area contributed by atoms with Gasteiger partial charge in [0.2, 0.25) is 0 Å². The number of allylic oxidation sites excluding steroid dienone is 1. The standard InChI is InChI=1S/C19H29NO2S2/c1-5-9-15(10-6-2)14-22-18(21)12-13-20-16(8-4)17(11-7-3)24-19(20)23/h7-8,11,15H,4-6,9-10,12-14H2,1-3H3/b11-7-. The summed E-state index contributed by atoms with van der Waals surface area (Å²) in [5, 5.41) is 0. The van der Waals surface area contributed by atoms with Crippen molar-refractivity contribution in [3.8, 4) is 0 Å². The van der Waals surface area contributed by atoms with Crippen LogP contribution in [0, 0.1) is 9.87 Å². The Morgan fingerprint density at radius 1 is 1.38 bits per heavy atom. The van der Waals surface area contributed by atoms with Crippen molar-refractivity contribution in [1.82, 2.24) is 4.57 Å². The average Bonchev–Trinajstić information content (AvgIpc) is 2.86. The van der Waals surface area contributed by atoms with Crippen LogP contribution in [0.5, 0.6) is 0 Å².